The first-order valence-corrected chi connectivity index (χ1v) is 6.11. The zero-order valence-corrected chi connectivity index (χ0v) is 9.92. The van der Waals surface area contributed by atoms with Gasteiger partial charge in [-0.05, 0) is 30.0 Å². The largest absolute Gasteiger partial charge is 0.273 e. The van der Waals surface area contributed by atoms with Gasteiger partial charge >= 0.3 is 0 Å². The summed E-state index contributed by atoms with van der Waals surface area (Å²) in [6, 6.07) is 7.86. The van der Waals surface area contributed by atoms with E-state index in [-0.39, 0.29) is 11.8 Å². The number of amides is 2. The molecule has 0 aliphatic carbocycles. The second-order valence-corrected chi connectivity index (χ2v) is 4.62. The summed E-state index contributed by atoms with van der Waals surface area (Å²) in [6.45, 7) is 2.06. The van der Waals surface area contributed by atoms with Crippen molar-refractivity contribution < 1.29 is 9.59 Å². The Hall–Kier alpha value is -1.29. The van der Waals surface area contributed by atoms with Crippen LogP contribution < -0.4 is 0 Å². The molecule has 3 nitrogen and oxygen atoms in total. The molecular formula is C12H13NO2S. The van der Waals surface area contributed by atoms with Crippen molar-refractivity contribution in [2.24, 2.45) is 0 Å². The van der Waals surface area contributed by atoms with Crippen LogP contribution in [-0.2, 0) is 16.0 Å². The molecule has 0 N–H and O–H groups in total. The number of hydrogen-bond donors (Lipinski definition) is 0. The zero-order chi connectivity index (χ0) is 11.5. The van der Waals surface area contributed by atoms with E-state index in [1.165, 1.54) is 21.8 Å². The van der Waals surface area contributed by atoms with Gasteiger partial charge in [0.1, 0.15) is 0 Å². The van der Waals surface area contributed by atoms with Crippen molar-refractivity contribution in [1.29, 1.82) is 0 Å². The number of nitrogens with zero attached hydrogens (tertiary/aromatic N) is 1. The summed E-state index contributed by atoms with van der Waals surface area (Å²) in [4.78, 5) is 23.9. The fourth-order valence-electron chi connectivity index (χ4n) is 1.64. The minimum absolute atomic E-state index is 0.0825. The third-order valence-electron chi connectivity index (χ3n) is 2.55. The minimum Gasteiger partial charge on any atom is -0.273 e. The average molecular weight is 235 g/mol. The molecule has 0 unspecified atom stereocenters. The molecule has 1 aromatic rings. The van der Waals surface area contributed by atoms with Gasteiger partial charge < -0.3 is 0 Å². The molecule has 0 radical (unpaired) electrons. The highest BCUT2D eigenvalue weighted by Gasteiger charge is 2.30. The molecule has 0 aromatic heterocycles. The van der Waals surface area contributed by atoms with Gasteiger partial charge in [-0.25, -0.2) is 4.31 Å². The first-order valence-electron chi connectivity index (χ1n) is 5.34. The van der Waals surface area contributed by atoms with E-state index in [4.69, 9.17) is 0 Å². The van der Waals surface area contributed by atoms with Crippen LogP contribution in [0.5, 0.6) is 0 Å². The standard InChI is InChI=1S/C12H13NO2S/c1-2-9-5-3-4-6-10(9)16-13-11(14)7-8-12(13)15/h3-6H,2,7-8H2,1H3. The van der Waals surface area contributed by atoms with Gasteiger partial charge in [-0.3, -0.25) is 9.59 Å². The predicted octanol–water partition coefficient (Wildman–Crippen LogP) is 2.41. The Morgan fingerprint density at radius 1 is 1.19 bits per heavy atom. The second kappa shape index (κ2) is 4.70. The van der Waals surface area contributed by atoms with Gasteiger partial charge in [0.2, 0.25) is 11.8 Å². The van der Waals surface area contributed by atoms with Crippen molar-refractivity contribution in [2.45, 2.75) is 31.1 Å². The van der Waals surface area contributed by atoms with Gasteiger partial charge in [-0.15, -0.1) is 0 Å². The summed E-state index contributed by atoms with van der Waals surface area (Å²) in [5, 5.41) is 0. The zero-order valence-electron chi connectivity index (χ0n) is 9.10. The van der Waals surface area contributed by atoms with E-state index in [1.54, 1.807) is 0 Å². The Morgan fingerprint density at radius 3 is 2.44 bits per heavy atom. The normalized spacial score (nSPS) is 15.9. The molecule has 0 saturated carbocycles. The first-order chi connectivity index (χ1) is 7.72. The maximum atomic E-state index is 11.5. The van der Waals surface area contributed by atoms with E-state index >= 15 is 0 Å². The summed E-state index contributed by atoms with van der Waals surface area (Å²) in [5.41, 5.74) is 1.17. The van der Waals surface area contributed by atoms with Gasteiger partial charge in [0, 0.05) is 17.7 Å². The van der Waals surface area contributed by atoms with Crippen LogP contribution in [0.25, 0.3) is 0 Å². The molecule has 4 heteroatoms. The maximum Gasteiger partial charge on any atom is 0.240 e. The van der Waals surface area contributed by atoms with Crippen molar-refractivity contribution in [3.05, 3.63) is 29.8 Å². The Kier molecular flexibility index (Phi) is 3.29. The lowest BCUT2D eigenvalue weighted by molar-refractivity contribution is -0.131. The Balaban J connectivity index is 2.20. The van der Waals surface area contributed by atoms with Gasteiger partial charge in [-0.2, -0.15) is 0 Å². The first kappa shape index (κ1) is 11.2. The molecule has 2 rings (SSSR count). The fraction of sp³-hybridized carbons (Fsp3) is 0.333. The van der Waals surface area contributed by atoms with Gasteiger partial charge in [-0.1, -0.05) is 25.1 Å². The van der Waals surface area contributed by atoms with Crippen molar-refractivity contribution in [3.63, 3.8) is 0 Å². The summed E-state index contributed by atoms with van der Waals surface area (Å²) in [6.07, 6.45) is 1.60. The lowest BCUT2D eigenvalue weighted by atomic mass is 10.2. The fourth-order valence-corrected chi connectivity index (χ4v) is 2.69. The number of hydrogen-bond acceptors (Lipinski definition) is 3. The summed E-state index contributed by atoms with van der Waals surface area (Å²) < 4.78 is 1.29. The van der Waals surface area contributed by atoms with E-state index in [9.17, 15) is 9.59 Å². The van der Waals surface area contributed by atoms with Crippen LogP contribution in [0.4, 0.5) is 0 Å². The third-order valence-corrected chi connectivity index (χ3v) is 3.73. The molecule has 84 valence electrons. The highest BCUT2D eigenvalue weighted by Crippen LogP contribution is 2.30. The monoisotopic (exact) mass is 235 g/mol. The van der Waals surface area contributed by atoms with Crippen molar-refractivity contribution in [2.75, 3.05) is 0 Å². The highest BCUT2D eigenvalue weighted by molar-refractivity contribution is 7.98. The Morgan fingerprint density at radius 2 is 1.81 bits per heavy atom. The lowest BCUT2D eigenvalue weighted by Gasteiger charge is -2.14. The Labute approximate surface area is 99.0 Å². The molecule has 0 spiro atoms. The molecule has 1 aromatic carbocycles. The molecule has 0 atom stereocenters. The molecule has 1 heterocycles. The number of rotatable bonds is 3. The van der Waals surface area contributed by atoms with Crippen LogP contribution in [0.3, 0.4) is 0 Å². The van der Waals surface area contributed by atoms with Crippen LogP contribution >= 0.6 is 11.9 Å². The molecule has 0 bridgehead atoms. The highest BCUT2D eigenvalue weighted by atomic mass is 32.2. The van der Waals surface area contributed by atoms with E-state index in [0.717, 1.165) is 11.3 Å². The van der Waals surface area contributed by atoms with Gasteiger partial charge in [0.25, 0.3) is 0 Å². The van der Waals surface area contributed by atoms with E-state index in [1.807, 2.05) is 24.3 Å². The number of imide groups is 1. The molecule has 1 fully saturated rings. The van der Waals surface area contributed by atoms with Crippen molar-refractivity contribution >= 4 is 23.8 Å². The quantitative estimate of drug-likeness (QED) is 0.596. The summed E-state index contributed by atoms with van der Waals surface area (Å²) in [5.74, 6) is -0.165. The molecule has 2 amide bonds. The van der Waals surface area contributed by atoms with Crippen molar-refractivity contribution in [3.8, 4) is 0 Å². The second-order valence-electron chi connectivity index (χ2n) is 3.63. The maximum absolute atomic E-state index is 11.5. The van der Waals surface area contributed by atoms with E-state index in [0.29, 0.717) is 12.8 Å². The summed E-state index contributed by atoms with van der Waals surface area (Å²) in [7, 11) is 0. The smallest absolute Gasteiger partial charge is 0.240 e. The van der Waals surface area contributed by atoms with Gasteiger partial charge in [0.05, 0.1) is 0 Å². The van der Waals surface area contributed by atoms with Gasteiger partial charge in [0.15, 0.2) is 0 Å². The van der Waals surface area contributed by atoms with Crippen LogP contribution in [-0.4, -0.2) is 16.1 Å². The SMILES string of the molecule is CCc1ccccc1SN1C(=O)CCC1=O. The molecule has 1 saturated heterocycles. The number of carbonyl (C=O) groups is 2. The Bertz CT molecular complexity index is 415. The van der Waals surface area contributed by atoms with Crippen LogP contribution in [0.15, 0.2) is 29.2 Å². The van der Waals surface area contributed by atoms with Crippen molar-refractivity contribution in [1.82, 2.24) is 4.31 Å². The van der Waals surface area contributed by atoms with Crippen LogP contribution in [0.1, 0.15) is 25.3 Å². The third kappa shape index (κ3) is 2.11. The molecule has 16 heavy (non-hydrogen) atoms. The molecule has 1 aliphatic heterocycles. The number of carbonyl (C=O) groups excluding carboxylic acids is 2. The number of aryl methyl sites for hydroxylation is 1. The number of benzene rings is 1. The lowest BCUT2D eigenvalue weighted by Crippen LogP contribution is -2.21. The van der Waals surface area contributed by atoms with Crippen LogP contribution in [0, 0.1) is 0 Å². The van der Waals surface area contributed by atoms with E-state index < -0.39 is 0 Å². The molecular weight excluding hydrogens is 222 g/mol. The summed E-state index contributed by atoms with van der Waals surface area (Å²) >= 11 is 1.25. The average Bonchev–Trinajstić information content (AvgIpc) is 2.61. The topological polar surface area (TPSA) is 37.4 Å². The molecule has 1 aliphatic rings. The van der Waals surface area contributed by atoms with Crippen LogP contribution in [0.2, 0.25) is 0 Å². The predicted molar refractivity (Wildman–Crippen MR) is 62.8 cm³/mol. The van der Waals surface area contributed by atoms with E-state index in [2.05, 4.69) is 6.92 Å². The minimum atomic E-state index is -0.0825.